The third-order valence-electron chi connectivity index (χ3n) is 2.51. The minimum absolute atomic E-state index is 0. The Bertz CT molecular complexity index is 403. The standard InChI is InChI=1S/C14H18O4.ClH/c1-10(2)8-12(13(15)16)14(17)18-9-11-6-4-3-5-7-11;/h3-7,10,12H,8-9H2,1-2H3,(H,15,16);1H/p-1. The lowest BCUT2D eigenvalue weighted by Crippen LogP contribution is -3.00. The molecule has 0 radical (unpaired) electrons. The maximum Gasteiger partial charge on any atom is 0.320 e. The lowest BCUT2D eigenvalue weighted by Gasteiger charge is -2.13. The highest BCUT2D eigenvalue weighted by Gasteiger charge is 2.28. The third-order valence-corrected chi connectivity index (χ3v) is 2.51. The lowest BCUT2D eigenvalue weighted by atomic mass is 9.97. The number of rotatable bonds is 6. The average molecular weight is 286 g/mol. The number of esters is 1. The number of carboxylic acids is 1. The van der Waals surface area contributed by atoms with Crippen LogP contribution in [0.5, 0.6) is 0 Å². The summed E-state index contributed by atoms with van der Waals surface area (Å²) in [4.78, 5) is 22.7. The summed E-state index contributed by atoms with van der Waals surface area (Å²) >= 11 is 0. The molecule has 0 aromatic heterocycles. The van der Waals surface area contributed by atoms with E-state index in [2.05, 4.69) is 0 Å². The van der Waals surface area contributed by atoms with Crippen molar-refractivity contribution in [2.24, 2.45) is 11.8 Å². The Balaban J connectivity index is 0.00000324. The number of halogens is 1. The number of aliphatic carboxylic acids is 1. The van der Waals surface area contributed by atoms with E-state index in [1.165, 1.54) is 0 Å². The molecular weight excluding hydrogens is 268 g/mol. The fourth-order valence-corrected chi connectivity index (χ4v) is 1.60. The number of carbonyl (C=O) groups is 2. The van der Waals surface area contributed by atoms with Crippen LogP contribution in [0.25, 0.3) is 0 Å². The smallest absolute Gasteiger partial charge is 0.320 e. The Hall–Kier alpha value is -1.55. The highest BCUT2D eigenvalue weighted by molar-refractivity contribution is 5.93. The third kappa shape index (κ3) is 6.25. The summed E-state index contributed by atoms with van der Waals surface area (Å²) in [6, 6.07) is 9.19. The lowest BCUT2D eigenvalue weighted by molar-refractivity contribution is -0.160. The molecule has 4 nitrogen and oxygen atoms in total. The number of hydrogen-bond acceptors (Lipinski definition) is 3. The van der Waals surface area contributed by atoms with Gasteiger partial charge in [-0.25, -0.2) is 0 Å². The summed E-state index contributed by atoms with van der Waals surface area (Å²) in [5.41, 5.74) is 0.847. The molecule has 0 aliphatic heterocycles. The summed E-state index contributed by atoms with van der Waals surface area (Å²) in [6.45, 7) is 3.86. The van der Waals surface area contributed by atoms with Crippen LogP contribution in [0.1, 0.15) is 25.8 Å². The van der Waals surface area contributed by atoms with Crippen molar-refractivity contribution in [2.45, 2.75) is 26.9 Å². The van der Waals surface area contributed by atoms with Crippen molar-refractivity contribution in [2.75, 3.05) is 0 Å². The molecule has 1 atom stereocenters. The molecule has 1 unspecified atom stereocenters. The highest BCUT2D eigenvalue weighted by Crippen LogP contribution is 2.14. The van der Waals surface area contributed by atoms with Gasteiger partial charge in [0.2, 0.25) is 0 Å². The van der Waals surface area contributed by atoms with E-state index in [0.717, 1.165) is 5.56 Å². The first kappa shape index (κ1) is 17.4. The predicted molar refractivity (Wildman–Crippen MR) is 66.8 cm³/mol. The van der Waals surface area contributed by atoms with Crippen molar-refractivity contribution in [1.82, 2.24) is 0 Å². The second kappa shape index (κ2) is 8.53. The van der Waals surface area contributed by atoms with Crippen molar-refractivity contribution >= 4 is 11.9 Å². The van der Waals surface area contributed by atoms with E-state index in [-0.39, 0.29) is 24.9 Å². The van der Waals surface area contributed by atoms with E-state index >= 15 is 0 Å². The zero-order valence-electron chi connectivity index (χ0n) is 11.0. The first-order valence-corrected chi connectivity index (χ1v) is 5.94. The van der Waals surface area contributed by atoms with Gasteiger partial charge in [-0.1, -0.05) is 44.2 Å². The Kier molecular flexibility index (Phi) is 7.84. The maximum atomic E-state index is 11.7. The van der Waals surface area contributed by atoms with Crippen LogP contribution in [0.2, 0.25) is 0 Å². The fourth-order valence-electron chi connectivity index (χ4n) is 1.60. The topological polar surface area (TPSA) is 63.6 Å². The van der Waals surface area contributed by atoms with Crippen LogP contribution >= 0.6 is 0 Å². The Labute approximate surface area is 119 Å². The molecule has 0 aliphatic carbocycles. The van der Waals surface area contributed by atoms with Gasteiger partial charge < -0.3 is 22.3 Å². The molecule has 0 amide bonds. The SMILES string of the molecule is CC(C)CC(C(=O)O)C(=O)OCc1ccccc1.[Cl-]. The van der Waals surface area contributed by atoms with Crippen LogP contribution in [0.3, 0.4) is 0 Å². The van der Waals surface area contributed by atoms with Crippen molar-refractivity contribution in [3.63, 3.8) is 0 Å². The van der Waals surface area contributed by atoms with E-state index in [9.17, 15) is 9.59 Å². The summed E-state index contributed by atoms with van der Waals surface area (Å²) in [7, 11) is 0. The normalized spacial score (nSPS) is 11.5. The zero-order chi connectivity index (χ0) is 13.5. The predicted octanol–water partition coefficient (Wildman–Crippen LogP) is -0.519. The van der Waals surface area contributed by atoms with E-state index in [1.54, 1.807) is 0 Å². The number of carbonyl (C=O) groups excluding carboxylic acids is 1. The summed E-state index contributed by atoms with van der Waals surface area (Å²) in [6.07, 6.45) is 0.295. The second-order valence-corrected chi connectivity index (χ2v) is 4.61. The molecule has 106 valence electrons. The molecule has 0 aliphatic rings. The molecule has 5 heteroatoms. The van der Waals surface area contributed by atoms with Crippen LogP contribution < -0.4 is 12.4 Å². The van der Waals surface area contributed by atoms with Crippen molar-refractivity contribution in [3.8, 4) is 0 Å². The molecule has 0 saturated heterocycles. The summed E-state index contributed by atoms with van der Waals surface area (Å²) in [5.74, 6) is -2.73. The molecule has 0 spiro atoms. The van der Waals surface area contributed by atoms with E-state index in [0.29, 0.717) is 6.42 Å². The van der Waals surface area contributed by atoms with Gasteiger partial charge in [0.1, 0.15) is 6.61 Å². The van der Waals surface area contributed by atoms with Gasteiger partial charge in [-0.2, -0.15) is 0 Å². The van der Waals surface area contributed by atoms with Crippen LogP contribution in [0, 0.1) is 11.8 Å². The number of benzene rings is 1. The van der Waals surface area contributed by atoms with Crippen LogP contribution in [0.15, 0.2) is 30.3 Å². The Morgan fingerprint density at radius 3 is 2.26 bits per heavy atom. The van der Waals surface area contributed by atoms with E-state index < -0.39 is 17.9 Å². The van der Waals surface area contributed by atoms with Gasteiger partial charge in [-0.3, -0.25) is 9.59 Å². The summed E-state index contributed by atoms with van der Waals surface area (Å²) < 4.78 is 5.03. The van der Waals surface area contributed by atoms with E-state index in [4.69, 9.17) is 9.84 Å². The number of ether oxygens (including phenoxy) is 1. The first-order valence-electron chi connectivity index (χ1n) is 5.94. The second-order valence-electron chi connectivity index (χ2n) is 4.61. The van der Waals surface area contributed by atoms with Crippen LogP contribution in [0.4, 0.5) is 0 Å². The molecular formula is C14H18ClO4-. The quantitative estimate of drug-likeness (QED) is 0.564. The van der Waals surface area contributed by atoms with Crippen LogP contribution in [-0.4, -0.2) is 17.0 Å². The van der Waals surface area contributed by atoms with Gasteiger partial charge in [-0.15, -0.1) is 0 Å². The van der Waals surface area contributed by atoms with Gasteiger partial charge in [0.25, 0.3) is 0 Å². The minimum atomic E-state index is -1.12. The largest absolute Gasteiger partial charge is 1.00 e. The average Bonchev–Trinajstić information content (AvgIpc) is 2.34. The monoisotopic (exact) mass is 285 g/mol. The molecule has 1 aromatic carbocycles. The zero-order valence-corrected chi connectivity index (χ0v) is 11.8. The van der Waals surface area contributed by atoms with Gasteiger partial charge in [-0.05, 0) is 17.9 Å². The molecule has 1 rings (SSSR count). The van der Waals surface area contributed by atoms with Crippen LogP contribution in [-0.2, 0) is 20.9 Å². The molecule has 1 N–H and O–H groups in total. The van der Waals surface area contributed by atoms with Gasteiger partial charge in [0, 0.05) is 0 Å². The van der Waals surface area contributed by atoms with E-state index in [1.807, 2.05) is 44.2 Å². The summed E-state index contributed by atoms with van der Waals surface area (Å²) in [5, 5.41) is 8.99. The van der Waals surface area contributed by atoms with Crippen molar-refractivity contribution in [3.05, 3.63) is 35.9 Å². The maximum absolute atomic E-state index is 11.7. The minimum Gasteiger partial charge on any atom is -1.00 e. The number of carboxylic acid groups (broad SMARTS) is 1. The van der Waals surface area contributed by atoms with Crippen molar-refractivity contribution in [1.29, 1.82) is 0 Å². The molecule has 0 saturated carbocycles. The Morgan fingerprint density at radius 1 is 1.21 bits per heavy atom. The van der Waals surface area contributed by atoms with Crippen molar-refractivity contribution < 1.29 is 31.8 Å². The van der Waals surface area contributed by atoms with Gasteiger partial charge >= 0.3 is 11.9 Å². The van der Waals surface area contributed by atoms with Gasteiger partial charge in [0.15, 0.2) is 5.92 Å². The first-order chi connectivity index (χ1) is 8.50. The number of hydrogen-bond donors (Lipinski definition) is 1. The van der Waals surface area contributed by atoms with Gasteiger partial charge in [0.05, 0.1) is 0 Å². The molecule has 1 aromatic rings. The molecule has 0 bridgehead atoms. The molecule has 0 fully saturated rings. The fraction of sp³-hybridized carbons (Fsp3) is 0.429. The molecule has 0 heterocycles. The Morgan fingerprint density at radius 2 is 1.79 bits per heavy atom. The molecule has 19 heavy (non-hydrogen) atoms. The highest BCUT2D eigenvalue weighted by atomic mass is 35.5.